The van der Waals surface area contributed by atoms with Gasteiger partial charge in [-0.05, 0) is 18.9 Å². The fraction of sp³-hybridized carbons (Fsp3) is 0.714. The van der Waals surface area contributed by atoms with Gasteiger partial charge in [0.2, 0.25) is 5.91 Å². The van der Waals surface area contributed by atoms with Gasteiger partial charge in [-0.1, -0.05) is 0 Å². The number of methoxy groups -OCH3 is 1. The van der Waals surface area contributed by atoms with Crippen LogP contribution >= 0.6 is 0 Å². The van der Waals surface area contributed by atoms with Crippen molar-refractivity contribution >= 4 is 5.91 Å². The second-order valence-electron chi connectivity index (χ2n) is 5.17. The molecule has 21 heavy (non-hydrogen) atoms. The van der Waals surface area contributed by atoms with E-state index in [1.807, 2.05) is 18.2 Å². The quantitative estimate of drug-likeness (QED) is 0.800. The van der Waals surface area contributed by atoms with Gasteiger partial charge in [0, 0.05) is 39.9 Å². The maximum absolute atomic E-state index is 12.1. The van der Waals surface area contributed by atoms with E-state index in [1.54, 1.807) is 18.0 Å². The van der Waals surface area contributed by atoms with Crippen LogP contribution in [0.15, 0.2) is 12.3 Å². The smallest absolute Gasteiger partial charge is 0.221 e. The second-order valence-corrected chi connectivity index (χ2v) is 5.17. The predicted octanol–water partition coefficient (Wildman–Crippen LogP) is 0.641. The molecule has 2 heterocycles. The van der Waals surface area contributed by atoms with Crippen LogP contribution < -0.4 is 5.32 Å². The average Bonchev–Trinajstić information content (AvgIpc) is 2.92. The third-order valence-electron chi connectivity index (χ3n) is 3.55. The highest BCUT2D eigenvalue weighted by molar-refractivity contribution is 5.76. The number of hydrogen-bond donors (Lipinski definition) is 1. The molecule has 0 bridgehead atoms. The highest BCUT2D eigenvalue weighted by atomic mass is 16.7. The predicted molar refractivity (Wildman–Crippen MR) is 77.3 cm³/mol. The van der Waals surface area contributed by atoms with Gasteiger partial charge >= 0.3 is 0 Å². The van der Waals surface area contributed by atoms with E-state index < -0.39 is 0 Å². The first-order chi connectivity index (χ1) is 10.2. The van der Waals surface area contributed by atoms with Gasteiger partial charge in [0.25, 0.3) is 0 Å². The number of ether oxygens (including phenoxy) is 1. The molecule has 0 aliphatic carbocycles. The van der Waals surface area contributed by atoms with Crippen LogP contribution in [-0.2, 0) is 21.4 Å². The Bertz CT molecular complexity index is 443. The fourth-order valence-corrected chi connectivity index (χ4v) is 2.41. The van der Waals surface area contributed by atoms with Crippen molar-refractivity contribution in [3.8, 4) is 0 Å². The summed E-state index contributed by atoms with van der Waals surface area (Å²) < 4.78 is 6.93. The van der Waals surface area contributed by atoms with Crippen LogP contribution in [0.25, 0.3) is 0 Å². The van der Waals surface area contributed by atoms with Crippen LogP contribution in [-0.4, -0.2) is 54.2 Å². The van der Waals surface area contributed by atoms with Crippen molar-refractivity contribution in [3.63, 3.8) is 0 Å². The van der Waals surface area contributed by atoms with Gasteiger partial charge in [-0.2, -0.15) is 10.2 Å². The lowest BCUT2D eigenvalue weighted by Crippen LogP contribution is -2.37. The van der Waals surface area contributed by atoms with Crippen molar-refractivity contribution in [2.24, 2.45) is 7.05 Å². The number of nitrogens with zero attached hydrogens (tertiary/aromatic N) is 3. The molecule has 0 radical (unpaired) electrons. The normalized spacial score (nSPS) is 17.6. The molecule has 1 N–H and O–H groups in total. The lowest BCUT2D eigenvalue weighted by Gasteiger charge is -2.26. The summed E-state index contributed by atoms with van der Waals surface area (Å²) in [5, 5.41) is 9.00. The SMILES string of the molecule is COCC(NC(=O)CCN1CCCCO1)c1ccnn1C. The van der Waals surface area contributed by atoms with E-state index in [1.165, 1.54) is 0 Å². The van der Waals surface area contributed by atoms with E-state index >= 15 is 0 Å². The number of aryl methyl sites for hydroxylation is 1. The summed E-state index contributed by atoms with van der Waals surface area (Å²) in [4.78, 5) is 17.6. The zero-order valence-electron chi connectivity index (χ0n) is 12.7. The summed E-state index contributed by atoms with van der Waals surface area (Å²) in [5.41, 5.74) is 0.930. The number of nitrogens with one attached hydrogen (secondary N) is 1. The molecule has 1 aliphatic heterocycles. The lowest BCUT2D eigenvalue weighted by molar-refractivity contribution is -0.181. The van der Waals surface area contributed by atoms with Gasteiger partial charge in [0.05, 0.1) is 24.9 Å². The molecule has 1 aromatic heterocycles. The highest BCUT2D eigenvalue weighted by Gasteiger charge is 2.18. The van der Waals surface area contributed by atoms with Gasteiger partial charge in [0.1, 0.15) is 0 Å². The molecule has 0 spiro atoms. The minimum Gasteiger partial charge on any atom is -0.382 e. The molecule has 1 amide bonds. The van der Waals surface area contributed by atoms with E-state index in [9.17, 15) is 4.79 Å². The average molecular weight is 296 g/mol. The molecule has 1 aliphatic rings. The molecule has 7 heteroatoms. The number of aromatic nitrogens is 2. The number of hydrogen-bond acceptors (Lipinski definition) is 5. The van der Waals surface area contributed by atoms with E-state index in [-0.39, 0.29) is 11.9 Å². The standard InChI is InChI=1S/C14H24N4O3/c1-17-13(5-7-15-17)12(11-20-2)16-14(19)6-9-18-8-3-4-10-21-18/h5,7,12H,3-4,6,8-11H2,1-2H3,(H,16,19). The van der Waals surface area contributed by atoms with Crippen LogP contribution in [0, 0.1) is 0 Å². The van der Waals surface area contributed by atoms with Gasteiger partial charge in [-0.3, -0.25) is 14.3 Å². The Balaban J connectivity index is 1.82. The van der Waals surface area contributed by atoms with Crippen LogP contribution in [0.5, 0.6) is 0 Å². The first-order valence-corrected chi connectivity index (χ1v) is 7.34. The molecule has 1 unspecified atom stereocenters. The van der Waals surface area contributed by atoms with Crippen LogP contribution in [0.4, 0.5) is 0 Å². The van der Waals surface area contributed by atoms with E-state index in [2.05, 4.69) is 10.4 Å². The number of rotatable bonds is 7. The van der Waals surface area contributed by atoms with E-state index in [0.29, 0.717) is 19.6 Å². The third kappa shape index (κ3) is 4.80. The topological polar surface area (TPSA) is 68.6 Å². The number of carbonyl (C=O) groups excluding carboxylic acids is 1. The molecule has 1 saturated heterocycles. The number of carbonyl (C=O) groups is 1. The van der Waals surface area contributed by atoms with Gasteiger partial charge in [-0.15, -0.1) is 0 Å². The van der Waals surface area contributed by atoms with Crippen molar-refractivity contribution in [3.05, 3.63) is 18.0 Å². The van der Waals surface area contributed by atoms with Gasteiger partial charge in [0.15, 0.2) is 0 Å². The zero-order valence-corrected chi connectivity index (χ0v) is 12.7. The highest BCUT2D eigenvalue weighted by Crippen LogP contribution is 2.12. The van der Waals surface area contributed by atoms with Gasteiger partial charge in [-0.25, -0.2) is 0 Å². The Hall–Kier alpha value is -1.44. The maximum atomic E-state index is 12.1. The fourth-order valence-electron chi connectivity index (χ4n) is 2.41. The molecule has 0 aromatic carbocycles. The molecule has 1 aromatic rings. The van der Waals surface area contributed by atoms with E-state index in [0.717, 1.165) is 31.7 Å². The first-order valence-electron chi connectivity index (χ1n) is 7.34. The monoisotopic (exact) mass is 296 g/mol. The molecule has 2 rings (SSSR count). The van der Waals surface area contributed by atoms with Crippen molar-refractivity contribution in [2.75, 3.05) is 33.4 Å². The van der Waals surface area contributed by atoms with Crippen molar-refractivity contribution < 1.29 is 14.4 Å². The van der Waals surface area contributed by atoms with Crippen LogP contribution in [0.1, 0.15) is 31.0 Å². The van der Waals surface area contributed by atoms with Gasteiger partial charge < -0.3 is 10.1 Å². The van der Waals surface area contributed by atoms with Crippen molar-refractivity contribution in [2.45, 2.75) is 25.3 Å². The number of hydroxylamine groups is 2. The number of amides is 1. The molecular formula is C14H24N4O3. The summed E-state index contributed by atoms with van der Waals surface area (Å²) in [7, 11) is 3.48. The van der Waals surface area contributed by atoms with Crippen LogP contribution in [0.2, 0.25) is 0 Å². The Labute approximate surface area is 125 Å². The Morgan fingerprint density at radius 3 is 3.05 bits per heavy atom. The zero-order chi connectivity index (χ0) is 15.1. The summed E-state index contributed by atoms with van der Waals surface area (Å²) >= 11 is 0. The molecule has 1 fully saturated rings. The Kier molecular flexibility index (Phi) is 6.16. The maximum Gasteiger partial charge on any atom is 0.221 e. The summed E-state index contributed by atoms with van der Waals surface area (Å²) in [6.45, 7) is 2.70. The lowest BCUT2D eigenvalue weighted by atomic mass is 10.2. The summed E-state index contributed by atoms with van der Waals surface area (Å²) in [6.07, 6.45) is 4.35. The summed E-state index contributed by atoms with van der Waals surface area (Å²) in [6, 6.07) is 1.70. The molecule has 118 valence electrons. The minimum atomic E-state index is -0.183. The molecular weight excluding hydrogens is 272 g/mol. The first kappa shape index (κ1) is 15.9. The molecule has 7 nitrogen and oxygen atoms in total. The van der Waals surface area contributed by atoms with Crippen LogP contribution in [0.3, 0.4) is 0 Å². The Morgan fingerprint density at radius 1 is 1.57 bits per heavy atom. The second kappa shape index (κ2) is 8.11. The summed E-state index contributed by atoms with van der Waals surface area (Å²) in [5.74, 6) is -0.00702. The largest absolute Gasteiger partial charge is 0.382 e. The van der Waals surface area contributed by atoms with Crippen molar-refractivity contribution in [1.82, 2.24) is 20.2 Å². The van der Waals surface area contributed by atoms with E-state index in [4.69, 9.17) is 9.57 Å². The molecule has 1 atom stereocenters. The minimum absolute atomic E-state index is 0.00702. The third-order valence-corrected chi connectivity index (χ3v) is 3.55. The Morgan fingerprint density at radius 2 is 2.43 bits per heavy atom. The van der Waals surface area contributed by atoms with Crippen molar-refractivity contribution in [1.29, 1.82) is 0 Å². The molecule has 0 saturated carbocycles.